The predicted octanol–water partition coefficient (Wildman–Crippen LogP) is 1.68. The van der Waals surface area contributed by atoms with Crippen molar-refractivity contribution in [3.63, 3.8) is 0 Å². The van der Waals surface area contributed by atoms with Crippen LogP contribution in [0.5, 0.6) is 0 Å². The van der Waals surface area contributed by atoms with E-state index in [-0.39, 0.29) is 5.97 Å². The van der Waals surface area contributed by atoms with E-state index in [0.29, 0.717) is 0 Å². The van der Waals surface area contributed by atoms with Crippen LogP contribution in [-0.2, 0) is 9.53 Å². The summed E-state index contributed by atoms with van der Waals surface area (Å²) in [6.07, 6.45) is 2.22. The second kappa shape index (κ2) is 3.87. The van der Waals surface area contributed by atoms with Crippen LogP contribution in [0, 0.1) is 0 Å². The Morgan fingerprint density at radius 1 is 1.40 bits per heavy atom. The Morgan fingerprint density at radius 3 is 2.87 bits per heavy atom. The Hall–Kier alpha value is -1.61. The van der Waals surface area contributed by atoms with E-state index in [1.165, 1.54) is 6.92 Å². The Bertz CT molecular complexity index is 409. The fourth-order valence-corrected chi connectivity index (χ4v) is 1.71. The van der Waals surface area contributed by atoms with Gasteiger partial charge in [0.15, 0.2) is 6.10 Å². The van der Waals surface area contributed by atoms with Crippen molar-refractivity contribution >= 4 is 12.0 Å². The van der Waals surface area contributed by atoms with Crippen LogP contribution in [0.1, 0.15) is 24.2 Å². The topological polar surface area (TPSA) is 46.5 Å². The van der Waals surface area contributed by atoms with Crippen LogP contribution in [0.25, 0.3) is 6.08 Å². The van der Waals surface area contributed by atoms with Gasteiger partial charge in [-0.15, -0.1) is 0 Å². The zero-order valence-corrected chi connectivity index (χ0v) is 8.38. The average Bonchev–Trinajstić information content (AvgIpc) is 2.22. The molecule has 0 spiro atoms. The molecule has 0 unspecified atom stereocenters. The summed E-state index contributed by atoms with van der Waals surface area (Å²) >= 11 is 0. The van der Waals surface area contributed by atoms with Crippen LogP contribution >= 0.6 is 0 Å². The largest absolute Gasteiger partial charge is 0.455 e. The van der Waals surface area contributed by atoms with Gasteiger partial charge >= 0.3 is 5.97 Å². The molecule has 0 saturated heterocycles. The first-order chi connectivity index (χ1) is 7.18. The minimum Gasteiger partial charge on any atom is -0.455 e. The van der Waals surface area contributed by atoms with Crippen LogP contribution in [0.15, 0.2) is 30.3 Å². The summed E-state index contributed by atoms with van der Waals surface area (Å²) in [5, 5.41) is 9.94. The van der Waals surface area contributed by atoms with E-state index in [1.54, 1.807) is 6.08 Å². The van der Waals surface area contributed by atoms with E-state index >= 15 is 0 Å². The molecule has 1 N–H and O–H groups in total. The fraction of sp³-hybridized carbons (Fsp3) is 0.250. The van der Waals surface area contributed by atoms with Crippen LogP contribution in [0.3, 0.4) is 0 Å². The van der Waals surface area contributed by atoms with Crippen molar-refractivity contribution in [2.24, 2.45) is 0 Å². The third kappa shape index (κ3) is 1.92. The molecule has 1 aliphatic rings. The molecule has 1 aliphatic carbocycles. The van der Waals surface area contributed by atoms with Gasteiger partial charge in [0.2, 0.25) is 0 Å². The molecule has 1 aromatic carbocycles. The summed E-state index contributed by atoms with van der Waals surface area (Å²) in [6.45, 7) is 1.33. The lowest BCUT2D eigenvalue weighted by Crippen LogP contribution is -2.25. The summed E-state index contributed by atoms with van der Waals surface area (Å²) in [7, 11) is 0. The van der Waals surface area contributed by atoms with Crippen molar-refractivity contribution in [2.45, 2.75) is 19.1 Å². The van der Waals surface area contributed by atoms with E-state index < -0.39 is 12.2 Å². The second-order valence-corrected chi connectivity index (χ2v) is 3.51. The van der Waals surface area contributed by atoms with E-state index in [9.17, 15) is 9.90 Å². The van der Waals surface area contributed by atoms with E-state index in [1.807, 2.05) is 30.3 Å². The first kappa shape index (κ1) is 9.93. The first-order valence-corrected chi connectivity index (χ1v) is 4.81. The molecule has 0 radical (unpaired) electrons. The monoisotopic (exact) mass is 204 g/mol. The van der Waals surface area contributed by atoms with Gasteiger partial charge in [0, 0.05) is 6.92 Å². The molecular formula is C12H12O3. The van der Waals surface area contributed by atoms with Gasteiger partial charge in [-0.2, -0.15) is 0 Å². The van der Waals surface area contributed by atoms with E-state index in [2.05, 4.69) is 0 Å². The number of carbonyl (C=O) groups is 1. The molecule has 0 fully saturated rings. The standard InChI is InChI=1S/C12H12O3/c1-8(13)15-11-7-6-9-4-2-3-5-10(9)12(11)14/h2-7,11-12,14H,1H3/t11-,12-/m0/s1. The number of hydrogen-bond acceptors (Lipinski definition) is 3. The maximum absolute atomic E-state index is 10.8. The third-order valence-electron chi connectivity index (χ3n) is 2.39. The molecule has 2 atom stereocenters. The molecule has 0 aromatic heterocycles. The number of benzene rings is 1. The minimum absolute atomic E-state index is 0.386. The molecule has 2 rings (SSSR count). The minimum atomic E-state index is -0.768. The van der Waals surface area contributed by atoms with Gasteiger partial charge in [-0.3, -0.25) is 4.79 Å². The van der Waals surface area contributed by atoms with Crippen LogP contribution in [0.4, 0.5) is 0 Å². The van der Waals surface area contributed by atoms with Crippen molar-refractivity contribution in [3.05, 3.63) is 41.5 Å². The number of ether oxygens (including phenoxy) is 1. The first-order valence-electron chi connectivity index (χ1n) is 4.81. The number of esters is 1. The highest BCUT2D eigenvalue weighted by molar-refractivity contribution is 5.67. The summed E-state index contributed by atoms with van der Waals surface area (Å²) < 4.78 is 4.98. The summed E-state index contributed by atoms with van der Waals surface area (Å²) in [5.74, 6) is -0.386. The van der Waals surface area contributed by atoms with E-state index in [4.69, 9.17) is 4.74 Å². The number of aliphatic hydroxyl groups excluding tert-OH is 1. The van der Waals surface area contributed by atoms with Gasteiger partial charge in [-0.1, -0.05) is 30.3 Å². The van der Waals surface area contributed by atoms with Crippen molar-refractivity contribution in [1.82, 2.24) is 0 Å². The molecule has 3 heteroatoms. The molecule has 78 valence electrons. The molecule has 0 heterocycles. The molecule has 0 aliphatic heterocycles. The molecular weight excluding hydrogens is 192 g/mol. The van der Waals surface area contributed by atoms with Crippen molar-refractivity contribution in [2.75, 3.05) is 0 Å². The number of carbonyl (C=O) groups excluding carboxylic acids is 1. The highest BCUT2D eigenvalue weighted by atomic mass is 16.6. The lowest BCUT2D eigenvalue weighted by atomic mass is 9.93. The Balaban J connectivity index is 2.29. The van der Waals surface area contributed by atoms with Gasteiger partial charge < -0.3 is 9.84 Å². The van der Waals surface area contributed by atoms with Crippen molar-refractivity contribution in [1.29, 1.82) is 0 Å². The highest BCUT2D eigenvalue weighted by Gasteiger charge is 2.25. The second-order valence-electron chi connectivity index (χ2n) is 3.51. The highest BCUT2D eigenvalue weighted by Crippen LogP contribution is 2.29. The fourth-order valence-electron chi connectivity index (χ4n) is 1.71. The lowest BCUT2D eigenvalue weighted by Gasteiger charge is -2.24. The average molecular weight is 204 g/mol. The smallest absolute Gasteiger partial charge is 0.303 e. The molecule has 0 saturated carbocycles. The van der Waals surface area contributed by atoms with Crippen LogP contribution in [-0.4, -0.2) is 17.2 Å². The number of fused-ring (bicyclic) bond motifs is 1. The lowest BCUT2D eigenvalue weighted by molar-refractivity contribution is -0.149. The summed E-state index contributed by atoms with van der Waals surface area (Å²) in [4.78, 5) is 10.8. The SMILES string of the molecule is CC(=O)O[C@H]1C=Cc2ccccc2[C@@H]1O. The zero-order chi connectivity index (χ0) is 10.8. The van der Waals surface area contributed by atoms with Gasteiger partial charge in [0.05, 0.1) is 0 Å². The van der Waals surface area contributed by atoms with Gasteiger partial charge in [-0.25, -0.2) is 0 Å². The molecule has 1 aromatic rings. The van der Waals surface area contributed by atoms with Gasteiger partial charge in [0.1, 0.15) is 6.10 Å². The molecule has 0 bridgehead atoms. The van der Waals surface area contributed by atoms with Crippen LogP contribution in [0.2, 0.25) is 0 Å². The number of aliphatic hydroxyl groups is 1. The van der Waals surface area contributed by atoms with Crippen molar-refractivity contribution < 1.29 is 14.6 Å². The Morgan fingerprint density at radius 2 is 2.13 bits per heavy atom. The summed E-state index contributed by atoms with van der Waals surface area (Å²) in [5.41, 5.74) is 1.76. The Labute approximate surface area is 88.0 Å². The number of rotatable bonds is 1. The van der Waals surface area contributed by atoms with Gasteiger partial charge in [0.25, 0.3) is 0 Å². The zero-order valence-electron chi connectivity index (χ0n) is 8.38. The summed E-state index contributed by atoms with van der Waals surface area (Å²) in [6, 6.07) is 7.51. The van der Waals surface area contributed by atoms with E-state index in [0.717, 1.165) is 11.1 Å². The molecule has 15 heavy (non-hydrogen) atoms. The molecule has 0 amide bonds. The predicted molar refractivity (Wildman–Crippen MR) is 56.0 cm³/mol. The normalized spacial score (nSPS) is 23.3. The Kier molecular flexibility index (Phi) is 2.56. The maximum atomic E-state index is 10.8. The van der Waals surface area contributed by atoms with Crippen molar-refractivity contribution in [3.8, 4) is 0 Å². The van der Waals surface area contributed by atoms with Gasteiger partial charge in [-0.05, 0) is 17.2 Å². The van der Waals surface area contributed by atoms with Crippen LogP contribution < -0.4 is 0 Å². The maximum Gasteiger partial charge on any atom is 0.303 e. The molecule has 3 nitrogen and oxygen atoms in total. The number of hydrogen-bond donors (Lipinski definition) is 1. The quantitative estimate of drug-likeness (QED) is 0.708. The third-order valence-corrected chi connectivity index (χ3v) is 2.39.